The van der Waals surface area contributed by atoms with E-state index in [9.17, 15) is 4.79 Å². The van der Waals surface area contributed by atoms with Crippen LogP contribution in [0.1, 0.15) is 5.56 Å². The summed E-state index contributed by atoms with van der Waals surface area (Å²) in [6, 6.07) is 12.4. The van der Waals surface area contributed by atoms with Crippen LogP contribution in [0.4, 0.5) is 0 Å². The number of fused-ring (bicyclic) bond motifs is 1. The molecule has 0 heterocycles. The topological polar surface area (TPSA) is 69.2 Å². The monoisotopic (exact) mass is 466 g/mol. The number of benzene rings is 3. The third-order valence-electron chi connectivity index (χ3n) is 4.15. The molecule has 0 spiro atoms. The van der Waals surface area contributed by atoms with Crippen molar-refractivity contribution in [2.24, 2.45) is 5.10 Å². The fourth-order valence-electron chi connectivity index (χ4n) is 2.72. The highest BCUT2D eigenvalue weighted by molar-refractivity contribution is 6.44. The molecule has 0 aliphatic rings. The lowest BCUT2D eigenvalue weighted by atomic mass is 10.0. The van der Waals surface area contributed by atoms with Gasteiger partial charge in [-0.3, -0.25) is 4.79 Å². The number of nitrogens with one attached hydrogen (secondary N) is 1. The molecular weight excluding hydrogens is 451 g/mol. The van der Waals surface area contributed by atoms with Crippen molar-refractivity contribution < 1.29 is 19.0 Å². The second kappa shape index (κ2) is 9.89. The van der Waals surface area contributed by atoms with Crippen LogP contribution < -0.4 is 19.6 Å². The summed E-state index contributed by atoms with van der Waals surface area (Å²) in [5.74, 6) is 1.01. The number of hydrogen-bond acceptors (Lipinski definition) is 5. The van der Waals surface area contributed by atoms with Crippen LogP contribution in [0.25, 0.3) is 10.8 Å². The molecule has 0 aromatic heterocycles. The van der Waals surface area contributed by atoms with Gasteiger partial charge in [-0.1, -0.05) is 46.9 Å². The summed E-state index contributed by atoms with van der Waals surface area (Å²) in [6.07, 6.45) is 1.50. The van der Waals surface area contributed by atoms with Crippen LogP contribution in [-0.2, 0) is 4.79 Å². The highest BCUT2D eigenvalue weighted by Crippen LogP contribution is 2.35. The van der Waals surface area contributed by atoms with E-state index in [1.54, 1.807) is 14.2 Å². The molecule has 3 aromatic carbocycles. The molecule has 0 radical (unpaired) electrons. The first kappa shape index (κ1) is 22.0. The molecule has 3 rings (SSSR count). The molecular formula is C21H17Cl3N2O4. The first-order valence-electron chi connectivity index (χ1n) is 8.67. The smallest absolute Gasteiger partial charge is 0.277 e. The molecule has 1 N–H and O–H groups in total. The van der Waals surface area contributed by atoms with E-state index in [1.807, 2.05) is 30.3 Å². The maximum atomic E-state index is 12.1. The minimum atomic E-state index is -0.491. The Balaban J connectivity index is 1.73. The van der Waals surface area contributed by atoms with Crippen molar-refractivity contribution in [3.63, 3.8) is 0 Å². The van der Waals surface area contributed by atoms with Crippen LogP contribution in [0, 0.1) is 0 Å². The first-order valence-corrected chi connectivity index (χ1v) is 9.80. The fraction of sp³-hybridized carbons (Fsp3) is 0.143. The van der Waals surface area contributed by atoms with Crippen molar-refractivity contribution >= 4 is 57.7 Å². The van der Waals surface area contributed by atoms with Crippen LogP contribution >= 0.6 is 34.8 Å². The number of hydrazone groups is 1. The number of rotatable bonds is 7. The van der Waals surface area contributed by atoms with Gasteiger partial charge >= 0.3 is 0 Å². The van der Waals surface area contributed by atoms with Gasteiger partial charge in [-0.05, 0) is 35.0 Å². The zero-order valence-electron chi connectivity index (χ0n) is 16.0. The van der Waals surface area contributed by atoms with Gasteiger partial charge in [-0.2, -0.15) is 5.10 Å². The molecule has 0 aliphatic heterocycles. The lowest BCUT2D eigenvalue weighted by molar-refractivity contribution is -0.123. The van der Waals surface area contributed by atoms with E-state index in [-0.39, 0.29) is 22.4 Å². The molecule has 3 aromatic rings. The van der Waals surface area contributed by atoms with E-state index < -0.39 is 5.91 Å². The van der Waals surface area contributed by atoms with Crippen LogP contribution in [-0.4, -0.2) is 32.9 Å². The summed E-state index contributed by atoms with van der Waals surface area (Å²) >= 11 is 17.9. The Morgan fingerprint density at radius 2 is 1.80 bits per heavy atom. The standard InChI is InChI=1S/C21H17Cl3N2O4/c1-28-14-5-3-12-4-6-18(29-2)16(15(12)9-14)10-25-26-20(27)11-30-19-8-13(22)7-17(23)21(19)24/h3-10H,11H2,1-2H3,(H,26,27)/b25-10-. The number of amides is 1. The van der Waals surface area contributed by atoms with Gasteiger partial charge in [0.25, 0.3) is 5.91 Å². The quantitative estimate of drug-likeness (QED) is 0.289. The number of carbonyl (C=O) groups excluding carboxylic acids is 1. The van der Waals surface area contributed by atoms with Gasteiger partial charge in [-0.25, -0.2) is 5.43 Å². The minimum Gasteiger partial charge on any atom is -0.497 e. The zero-order valence-corrected chi connectivity index (χ0v) is 18.3. The fourth-order valence-corrected chi connectivity index (χ4v) is 3.36. The van der Waals surface area contributed by atoms with E-state index in [0.717, 1.165) is 10.8 Å². The molecule has 6 nitrogen and oxygen atoms in total. The van der Waals surface area contributed by atoms with Gasteiger partial charge in [0, 0.05) is 16.7 Å². The lowest BCUT2D eigenvalue weighted by Crippen LogP contribution is -2.24. The van der Waals surface area contributed by atoms with Crippen molar-refractivity contribution in [1.29, 1.82) is 0 Å². The van der Waals surface area contributed by atoms with Gasteiger partial charge in [0.15, 0.2) is 6.61 Å². The van der Waals surface area contributed by atoms with Crippen LogP contribution in [0.5, 0.6) is 17.2 Å². The molecule has 0 aliphatic carbocycles. The summed E-state index contributed by atoms with van der Waals surface area (Å²) in [5, 5.41) is 6.60. The Morgan fingerprint density at radius 1 is 1.03 bits per heavy atom. The molecule has 0 unspecified atom stereocenters. The van der Waals surface area contributed by atoms with Gasteiger partial charge < -0.3 is 14.2 Å². The minimum absolute atomic E-state index is 0.173. The Labute approximate surface area is 188 Å². The van der Waals surface area contributed by atoms with E-state index in [1.165, 1.54) is 18.3 Å². The van der Waals surface area contributed by atoms with Crippen molar-refractivity contribution in [1.82, 2.24) is 5.43 Å². The second-order valence-electron chi connectivity index (χ2n) is 6.05. The molecule has 0 bridgehead atoms. The summed E-state index contributed by atoms with van der Waals surface area (Å²) in [5.41, 5.74) is 3.10. The zero-order chi connectivity index (χ0) is 21.7. The number of methoxy groups -OCH3 is 2. The first-order chi connectivity index (χ1) is 14.4. The molecule has 0 saturated carbocycles. The summed E-state index contributed by atoms with van der Waals surface area (Å²) in [4.78, 5) is 12.1. The SMILES string of the molecule is COc1ccc2ccc(OC)c(/C=N\NC(=O)COc3cc(Cl)cc(Cl)c3Cl)c2c1. The average molecular weight is 468 g/mol. The van der Waals surface area contributed by atoms with Crippen molar-refractivity contribution in [2.45, 2.75) is 0 Å². The number of hydrogen-bond donors (Lipinski definition) is 1. The van der Waals surface area contributed by atoms with Gasteiger partial charge in [0.1, 0.15) is 22.3 Å². The molecule has 0 saturated heterocycles. The Morgan fingerprint density at radius 3 is 2.53 bits per heavy atom. The maximum Gasteiger partial charge on any atom is 0.277 e. The van der Waals surface area contributed by atoms with E-state index in [0.29, 0.717) is 22.1 Å². The summed E-state index contributed by atoms with van der Waals surface area (Å²) < 4.78 is 16.1. The Kier molecular flexibility index (Phi) is 7.26. The van der Waals surface area contributed by atoms with Crippen LogP contribution in [0.3, 0.4) is 0 Å². The number of carbonyl (C=O) groups is 1. The van der Waals surface area contributed by atoms with Crippen LogP contribution in [0.15, 0.2) is 47.6 Å². The van der Waals surface area contributed by atoms with E-state index in [4.69, 9.17) is 49.0 Å². The number of halogens is 3. The Bertz CT molecular complexity index is 1110. The Hall–Kier alpha value is -2.67. The second-order valence-corrected chi connectivity index (χ2v) is 7.27. The predicted molar refractivity (Wildman–Crippen MR) is 120 cm³/mol. The molecule has 30 heavy (non-hydrogen) atoms. The third kappa shape index (κ3) is 5.08. The molecule has 0 atom stereocenters. The normalized spacial score (nSPS) is 11.0. The molecule has 156 valence electrons. The average Bonchev–Trinajstić information content (AvgIpc) is 2.74. The lowest BCUT2D eigenvalue weighted by Gasteiger charge is -2.10. The number of nitrogens with zero attached hydrogens (tertiary/aromatic N) is 1. The molecule has 0 fully saturated rings. The van der Waals surface area contributed by atoms with Crippen molar-refractivity contribution in [2.75, 3.05) is 20.8 Å². The summed E-state index contributed by atoms with van der Waals surface area (Å²) in [6.45, 7) is -0.325. The predicted octanol–water partition coefficient (Wildman–Crippen LogP) is 5.35. The van der Waals surface area contributed by atoms with Gasteiger partial charge in [0.05, 0.1) is 25.5 Å². The highest BCUT2D eigenvalue weighted by Gasteiger charge is 2.11. The van der Waals surface area contributed by atoms with Gasteiger partial charge in [0.2, 0.25) is 0 Å². The number of ether oxygens (including phenoxy) is 3. The molecule has 9 heteroatoms. The van der Waals surface area contributed by atoms with Crippen molar-refractivity contribution in [3.8, 4) is 17.2 Å². The highest BCUT2D eigenvalue weighted by atomic mass is 35.5. The van der Waals surface area contributed by atoms with E-state index >= 15 is 0 Å². The van der Waals surface area contributed by atoms with Crippen LogP contribution in [0.2, 0.25) is 15.1 Å². The third-order valence-corrected chi connectivity index (χ3v) is 5.15. The largest absolute Gasteiger partial charge is 0.497 e. The van der Waals surface area contributed by atoms with Crippen molar-refractivity contribution in [3.05, 3.63) is 63.1 Å². The molecule has 1 amide bonds. The van der Waals surface area contributed by atoms with E-state index in [2.05, 4.69) is 10.5 Å². The van der Waals surface area contributed by atoms with Gasteiger partial charge in [-0.15, -0.1) is 0 Å². The maximum absolute atomic E-state index is 12.1. The summed E-state index contributed by atoms with van der Waals surface area (Å²) in [7, 11) is 3.15.